The predicted octanol–water partition coefficient (Wildman–Crippen LogP) is 11.5. The Kier molecular flexibility index (Phi) is 22.5. The first-order valence-corrected chi connectivity index (χ1v) is 24.5. The van der Waals surface area contributed by atoms with Gasteiger partial charge in [-0.3, -0.25) is 9.59 Å². The van der Waals surface area contributed by atoms with Crippen molar-refractivity contribution in [2.24, 2.45) is 17.8 Å². The van der Waals surface area contributed by atoms with Crippen LogP contribution in [0.1, 0.15) is 121 Å². The molecular weight excluding hydrogens is 843 g/mol. The van der Waals surface area contributed by atoms with E-state index >= 15 is 0 Å². The van der Waals surface area contributed by atoms with Crippen LogP contribution in [0.4, 0.5) is 5.13 Å². The Hall–Kier alpha value is -5.11. The van der Waals surface area contributed by atoms with Gasteiger partial charge in [-0.05, 0) is 124 Å². The summed E-state index contributed by atoms with van der Waals surface area (Å²) >= 11 is 1.74. The van der Waals surface area contributed by atoms with Gasteiger partial charge in [0.2, 0.25) is 0 Å². The van der Waals surface area contributed by atoms with E-state index < -0.39 is 5.97 Å². The zero-order chi connectivity index (χ0) is 46.1. The Labute approximate surface area is 389 Å². The maximum Gasteiger partial charge on any atom is 0.330 e. The highest BCUT2D eigenvalue weighted by atomic mass is 32.1. The number of anilines is 1. The largest absolute Gasteiger partial charge is 0.491 e. The molecule has 2 saturated carbocycles. The van der Waals surface area contributed by atoms with Gasteiger partial charge in [0.15, 0.2) is 5.13 Å². The van der Waals surface area contributed by atoms with E-state index in [1.165, 1.54) is 80.7 Å². The Bertz CT molecular complexity index is 2020. The minimum atomic E-state index is -0.479. The molecule has 0 atom stereocenters. The number of para-hydroxylation sites is 1. The molecule has 0 spiro atoms. The van der Waals surface area contributed by atoms with Gasteiger partial charge in [-0.25, -0.2) is 9.78 Å². The summed E-state index contributed by atoms with van der Waals surface area (Å²) in [6, 6.07) is 21.0. The van der Waals surface area contributed by atoms with Crippen molar-refractivity contribution < 1.29 is 42.8 Å². The number of ether oxygens (including phenoxy) is 6. The van der Waals surface area contributed by atoms with E-state index in [9.17, 15) is 14.4 Å². The molecule has 1 heterocycles. The van der Waals surface area contributed by atoms with Gasteiger partial charge in [0.1, 0.15) is 30.5 Å². The molecule has 2 fully saturated rings. The van der Waals surface area contributed by atoms with Crippen molar-refractivity contribution in [2.75, 3.05) is 51.5 Å². The molecule has 0 amide bonds. The van der Waals surface area contributed by atoms with Crippen LogP contribution in [0.2, 0.25) is 0 Å². The molecule has 1 aromatic heterocycles. The van der Waals surface area contributed by atoms with Crippen LogP contribution in [0.25, 0.3) is 10.2 Å². The number of nitrogens with zero attached hydrogens (tertiary/aromatic N) is 1. The van der Waals surface area contributed by atoms with E-state index in [0.29, 0.717) is 80.8 Å². The summed E-state index contributed by atoms with van der Waals surface area (Å²) in [5, 5.41) is 12.4. The highest BCUT2D eigenvalue weighted by Gasteiger charge is 2.32. The lowest BCUT2D eigenvalue weighted by Crippen LogP contribution is -2.30. The summed E-state index contributed by atoms with van der Waals surface area (Å²) in [7, 11) is 0. The van der Waals surface area contributed by atoms with E-state index in [-0.39, 0.29) is 37.0 Å². The highest BCUT2D eigenvalue weighted by Crippen LogP contribution is 2.39. The number of nitrogens with one attached hydrogen (secondary N) is 2. The van der Waals surface area contributed by atoms with E-state index in [0.717, 1.165) is 29.2 Å². The molecular formula is C52H69N3O9S. The number of carbonyl (C=O) groups excluding carboxylic acids is 3. The molecule has 352 valence electrons. The van der Waals surface area contributed by atoms with Crippen molar-refractivity contribution in [3.05, 3.63) is 90.5 Å². The number of unbranched alkanes of at least 4 members (excludes halogenated alkanes) is 3. The molecule has 12 nitrogen and oxygen atoms in total. The van der Waals surface area contributed by atoms with Crippen molar-refractivity contribution in [3.63, 3.8) is 0 Å². The first kappa shape index (κ1) is 50.9. The monoisotopic (exact) mass is 911 g/mol. The van der Waals surface area contributed by atoms with Crippen molar-refractivity contribution in [1.29, 1.82) is 5.41 Å². The lowest BCUT2D eigenvalue weighted by Gasteiger charge is -2.29. The topological polar surface area (TPSA) is 155 Å². The first-order chi connectivity index (χ1) is 31.8. The SMILES string of the molecule is C=CC(=O)OCCOCCOCCOc1ccc(OC(=O)C2CCC(C(=O)Oc3ccc(C4CCC(CCC)CC4)cc3C=N)CC2)cc1.CCCCCCNc1nc2ccccc2s1. The second-order valence-corrected chi connectivity index (χ2v) is 17.8. The van der Waals surface area contributed by atoms with Gasteiger partial charge >= 0.3 is 17.9 Å². The third kappa shape index (κ3) is 17.7. The van der Waals surface area contributed by atoms with Gasteiger partial charge in [0.05, 0.1) is 48.5 Å². The normalized spacial score (nSPS) is 18.1. The lowest BCUT2D eigenvalue weighted by atomic mass is 9.77. The summed E-state index contributed by atoms with van der Waals surface area (Å²) in [5.41, 5.74) is 2.96. The van der Waals surface area contributed by atoms with Crippen molar-refractivity contribution in [1.82, 2.24) is 4.98 Å². The number of thiazole rings is 1. The molecule has 2 aliphatic carbocycles. The molecule has 0 unspecified atom stereocenters. The number of hydrogen-bond donors (Lipinski definition) is 2. The van der Waals surface area contributed by atoms with Crippen molar-refractivity contribution >= 4 is 50.8 Å². The smallest absolute Gasteiger partial charge is 0.330 e. The van der Waals surface area contributed by atoms with Gasteiger partial charge in [-0.1, -0.05) is 82.1 Å². The molecule has 0 radical (unpaired) electrons. The molecule has 65 heavy (non-hydrogen) atoms. The summed E-state index contributed by atoms with van der Waals surface area (Å²) in [4.78, 5) is 41.4. The van der Waals surface area contributed by atoms with Crippen LogP contribution in [-0.4, -0.2) is 75.3 Å². The second kappa shape index (κ2) is 28.7. The summed E-state index contributed by atoms with van der Waals surface area (Å²) < 4.78 is 33.9. The zero-order valence-corrected chi connectivity index (χ0v) is 39.2. The average Bonchev–Trinajstić information content (AvgIpc) is 3.76. The fraction of sp³-hybridized carbons (Fsp3) is 0.519. The molecule has 2 N–H and O–H groups in total. The lowest BCUT2D eigenvalue weighted by molar-refractivity contribution is -0.145. The van der Waals surface area contributed by atoms with Gasteiger partial charge < -0.3 is 39.1 Å². The van der Waals surface area contributed by atoms with Crippen LogP contribution in [0.15, 0.2) is 79.4 Å². The van der Waals surface area contributed by atoms with Crippen LogP contribution in [0.3, 0.4) is 0 Å². The van der Waals surface area contributed by atoms with Crippen LogP contribution in [-0.2, 0) is 28.6 Å². The van der Waals surface area contributed by atoms with Gasteiger partial charge in [-0.15, -0.1) is 0 Å². The number of hydrogen-bond acceptors (Lipinski definition) is 13. The molecule has 0 bridgehead atoms. The number of fused-ring (bicyclic) bond motifs is 1. The molecule has 4 aromatic rings. The number of rotatable bonds is 25. The molecule has 0 aliphatic heterocycles. The molecule has 13 heteroatoms. The predicted molar refractivity (Wildman–Crippen MR) is 258 cm³/mol. The summed E-state index contributed by atoms with van der Waals surface area (Å²) in [6.07, 6.45) is 17.1. The molecule has 0 saturated heterocycles. The number of carbonyl (C=O) groups is 3. The van der Waals surface area contributed by atoms with Crippen LogP contribution in [0.5, 0.6) is 17.2 Å². The Morgan fingerprint density at radius 1 is 0.754 bits per heavy atom. The Morgan fingerprint density at radius 3 is 2.08 bits per heavy atom. The standard InChI is InChI=1S/C39H51NO9.C13H18N2S/c1-3-5-28-6-8-29(9-7-28)32-14-19-36(33(26-32)27-40)49-39(43)31-12-10-30(11-13-31)38(42)48-35-17-15-34(16-18-35)46-24-22-44-20-21-45-23-25-47-37(41)4-2;1-2-3-4-7-10-14-13-15-11-8-5-6-9-12(11)16-13/h4,14-19,26-31,40H,2-3,5-13,20-25H2,1H3;5-6,8-9H,2-4,7,10H2,1H3,(H,14,15). The van der Waals surface area contributed by atoms with E-state index in [1.807, 2.05) is 18.2 Å². The Morgan fingerprint density at radius 2 is 1.42 bits per heavy atom. The maximum absolute atomic E-state index is 13.1. The highest BCUT2D eigenvalue weighted by molar-refractivity contribution is 7.22. The quantitative estimate of drug-likeness (QED) is 0.0215. The summed E-state index contributed by atoms with van der Waals surface area (Å²) in [6.45, 7) is 10.8. The minimum absolute atomic E-state index is 0.167. The van der Waals surface area contributed by atoms with Crippen molar-refractivity contribution in [3.8, 4) is 17.2 Å². The van der Waals surface area contributed by atoms with E-state index in [4.69, 9.17) is 33.8 Å². The van der Waals surface area contributed by atoms with Gasteiger partial charge in [0, 0.05) is 24.4 Å². The maximum atomic E-state index is 13.1. The first-order valence-electron chi connectivity index (χ1n) is 23.6. The Balaban J connectivity index is 0.000000414. The molecule has 6 rings (SSSR count). The second-order valence-electron chi connectivity index (χ2n) is 16.7. The van der Waals surface area contributed by atoms with Crippen molar-refractivity contribution in [2.45, 2.75) is 110 Å². The third-order valence-electron chi connectivity index (χ3n) is 12.0. The fourth-order valence-corrected chi connectivity index (χ4v) is 9.17. The number of aromatic nitrogens is 1. The van der Waals surface area contributed by atoms with Crippen LogP contribution < -0.4 is 19.5 Å². The minimum Gasteiger partial charge on any atom is -0.491 e. The van der Waals surface area contributed by atoms with Gasteiger partial charge in [-0.2, -0.15) is 0 Å². The molecule has 2 aliphatic rings. The molecule has 3 aromatic carbocycles. The average molecular weight is 912 g/mol. The summed E-state index contributed by atoms with van der Waals surface area (Å²) in [5.74, 6) is 1.15. The van der Waals surface area contributed by atoms with E-state index in [1.54, 1.807) is 35.6 Å². The van der Waals surface area contributed by atoms with Crippen LogP contribution >= 0.6 is 11.3 Å². The third-order valence-corrected chi connectivity index (χ3v) is 13.0. The van der Waals surface area contributed by atoms with Crippen LogP contribution in [0, 0.1) is 23.2 Å². The fourth-order valence-electron chi connectivity index (χ4n) is 8.27. The number of benzene rings is 3. The van der Waals surface area contributed by atoms with E-state index in [2.05, 4.69) is 55.0 Å². The number of esters is 3. The zero-order valence-electron chi connectivity index (χ0n) is 38.4. The van der Waals surface area contributed by atoms with Gasteiger partial charge in [0.25, 0.3) is 0 Å².